The van der Waals surface area contributed by atoms with Crippen molar-refractivity contribution in [2.75, 3.05) is 0 Å². The fraction of sp³-hybridized carbons (Fsp3) is 0.167. The number of guanidine groups is 1. The van der Waals surface area contributed by atoms with Gasteiger partial charge in [0.15, 0.2) is 0 Å². The molecule has 12 heavy (non-hydrogen) atoms. The lowest BCUT2D eigenvalue weighted by Gasteiger charge is -1.89. The van der Waals surface area contributed by atoms with Crippen molar-refractivity contribution in [3.63, 3.8) is 0 Å². The minimum Gasteiger partial charge on any atom is -0.369 e. The highest BCUT2D eigenvalue weighted by molar-refractivity contribution is 7.11. The van der Waals surface area contributed by atoms with Crippen LogP contribution in [0.2, 0.25) is 0 Å². The summed E-state index contributed by atoms with van der Waals surface area (Å²) in [5.74, 6) is -0.0501. The van der Waals surface area contributed by atoms with Crippen molar-refractivity contribution in [1.82, 2.24) is 4.98 Å². The molecule has 0 bridgehead atoms. The fourth-order valence-electron chi connectivity index (χ4n) is 0.578. The Labute approximate surface area is 73.8 Å². The molecule has 0 fully saturated rings. The molecule has 0 unspecified atom stereocenters. The third-order valence-electron chi connectivity index (χ3n) is 1.06. The first-order valence-corrected chi connectivity index (χ1v) is 4.11. The SMILES string of the molecule is C/C(=N/N=C(N)N)c1nccs1. The van der Waals surface area contributed by atoms with E-state index in [1.807, 2.05) is 5.38 Å². The maximum Gasteiger partial charge on any atom is 0.211 e. The molecule has 0 aliphatic rings. The van der Waals surface area contributed by atoms with E-state index in [0.717, 1.165) is 5.01 Å². The van der Waals surface area contributed by atoms with Crippen molar-refractivity contribution in [3.8, 4) is 0 Å². The Morgan fingerprint density at radius 1 is 1.50 bits per heavy atom. The third kappa shape index (κ3) is 2.31. The van der Waals surface area contributed by atoms with Gasteiger partial charge in [-0.15, -0.1) is 21.5 Å². The van der Waals surface area contributed by atoms with Gasteiger partial charge < -0.3 is 11.5 Å². The van der Waals surface area contributed by atoms with Crippen LogP contribution in [0.5, 0.6) is 0 Å². The molecule has 64 valence electrons. The summed E-state index contributed by atoms with van der Waals surface area (Å²) in [5.41, 5.74) is 10.9. The summed E-state index contributed by atoms with van der Waals surface area (Å²) in [4.78, 5) is 4.03. The van der Waals surface area contributed by atoms with E-state index in [2.05, 4.69) is 15.2 Å². The van der Waals surface area contributed by atoms with Crippen molar-refractivity contribution < 1.29 is 0 Å². The minimum absolute atomic E-state index is 0.0501. The highest BCUT2D eigenvalue weighted by Crippen LogP contribution is 2.05. The van der Waals surface area contributed by atoms with Crippen LogP contribution in [0.25, 0.3) is 0 Å². The minimum atomic E-state index is -0.0501. The van der Waals surface area contributed by atoms with Crippen LogP contribution >= 0.6 is 11.3 Å². The monoisotopic (exact) mass is 183 g/mol. The average Bonchev–Trinajstić information content (AvgIpc) is 2.51. The van der Waals surface area contributed by atoms with E-state index in [9.17, 15) is 0 Å². The highest BCUT2D eigenvalue weighted by Gasteiger charge is 1.97. The predicted molar refractivity (Wildman–Crippen MR) is 50.1 cm³/mol. The lowest BCUT2D eigenvalue weighted by Crippen LogP contribution is -2.22. The van der Waals surface area contributed by atoms with Gasteiger partial charge in [-0.3, -0.25) is 0 Å². The van der Waals surface area contributed by atoms with E-state index in [-0.39, 0.29) is 5.96 Å². The summed E-state index contributed by atoms with van der Waals surface area (Å²) in [6.45, 7) is 1.80. The molecule has 1 aromatic heterocycles. The molecule has 0 aliphatic carbocycles. The van der Waals surface area contributed by atoms with Crippen LogP contribution in [0.3, 0.4) is 0 Å². The Morgan fingerprint density at radius 3 is 2.75 bits per heavy atom. The molecule has 4 N–H and O–H groups in total. The van der Waals surface area contributed by atoms with Gasteiger partial charge in [0.25, 0.3) is 0 Å². The molecule has 1 aromatic rings. The second-order valence-electron chi connectivity index (χ2n) is 2.05. The zero-order chi connectivity index (χ0) is 8.97. The average molecular weight is 183 g/mol. The van der Waals surface area contributed by atoms with Crippen LogP contribution in [0, 0.1) is 0 Å². The van der Waals surface area contributed by atoms with Crippen LogP contribution in [-0.2, 0) is 0 Å². The fourth-order valence-corrected chi connectivity index (χ4v) is 1.16. The Kier molecular flexibility index (Phi) is 2.76. The molecule has 0 saturated heterocycles. The van der Waals surface area contributed by atoms with Gasteiger partial charge in [-0.05, 0) is 6.92 Å². The molecule has 0 aliphatic heterocycles. The van der Waals surface area contributed by atoms with Gasteiger partial charge in [-0.25, -0.2) is 4.98 Å². The number of aromatic nitrogens is 1. The van der Waals surface area contributed by atoms with Gasteiger partial charge in [0, 0.05) is 11.6 Å². The number of nitrogens with two attached hydrogens (primary N) is 2. The second kappa shape index (κ2) is 3.82. The lowest BCUT2D eigenvalue weighted by molar-refractivity contribution is 1.19. The van der Waals surface area contributed by atoms with E-state index in [1.165, 1.54) is 11.3 Å². The smallest absolute Gasteiger partial charge is 0.211 e. The van der Waals surface area contributed by atoms with Gasteiger partial charge in [-0.1, -0.05) is 0 Å². The Balaban J connectivity index is 2.78. The van der Waals surface area contributed by atoms with Gasteiger partial charge in [0.2, 0.25) is 5.96 Å². The second-order valence-corrected chi connectivity index (χ2v) is 2.94. The summed E-state index contributed by atoms with van der Waals surface area (Å²) < 4.78 is 0. The predicted octanol–water partition coefficient (Wildman–Crippen LogP) is 0.141. The van der Waals surface area contributed by atoms with E-state index in [4.69, 9.17) is 11.5 Å². The molecule has 0 atom stereocenters. The van der Waals surface area contributed by atoms with Crippen LogP contribution in [0.15, 0.2) is 21.8 Å². The van der Waals surface area contributed by atoms with Crippen molar-refractivity contribution in [3.05, 3.63) is 16.6 Å². The normalized spacial score (nSPS) is 11.2. The Bertz CT molecular complexity index is 296. The van der Waals surface area contributed by atoms with Crippen LogP contribution < -0.4 is 11.5 Å². The molecule has 1 heterocycles. The van der Waals surface area contributed by atoms with Crippen LogP contribution in [0.4, 0.5) is 0 Å². The molecule has 1 rings (SSSR count). The van der Waals surface area contributed by atoms with Crippen molar-refractivity contribution in [1.29, 1.82) is 0 Å². The van der Waals surface area contributed by atoms with Gasteiger partial charge >= 0.3 is 0 Å². The third-order valence-corrected chi connectivity index (χ3v) is 1.94. The molecular weight excluding hydrogens is 174 g/mol. The van der Waals surface area contributed by atoms with Crippen molar-refractivity contribution in [2.45, 2.75) is 6.92 Å². The zero-order valence-electron chi connectivity index (χ0n) is 6.56. The number of rotatable bonds is 2. The summed E-state index contributed by atoms with van der Waals surface area (Å²) in [6.07, 6.45) is 1.70. The summed E-state index contributed by atoms with van der Waals surface area (Å²) in [7, 11) is 0. The highest BCUT2D eigenvalue weighted by atomic mass is 32.1. The molecule has 6 heteroatoms. The number of hydrogen-bond donors (Lipinski definition) is 2. The summed E-state index contributed by atoms with van der Waals surface area (Å²) in [5, 5.41) is 9.96. The number of hydrogen-bond acceptors (Lipinski definition) is 4. The standard InChI is InChI=1S/C6H9N5S/c1-4(10-11-6(7)8)5-9-2-3-12-5/h2-3H,1H3,(H4,7,8,11)/b10-4-. The first-order chi connectivity index (χ1) is 5.70. The first kappa shape index (κ1) is 8.66. The zero-order valence-corrected chi connectivity index (χ0v) is 7.38. The van der Waals surface area contributed by atoms with Gasteiger partial charge in [0.05, 0.1) is 5.71 Å². The lowest BCUT2D eigenvalue weighted by atomic mass is 10.5. The maximum absolute atomic E-state index is 5.10. The number of thiazole rings is 1. The largest absolute Gasteiger partial charge is 0.369 e. The molecule has 0 radical (unpaired) electrons. The molecular formula is C6H9N5S. The van der Waals surface area contributed by atoms with Gasteiger partial charge in [-0.2, -0.15) is 0 Å². The van der Waals surface area contributed by atoms with E-state index < -0.39 is 0 Å². The van der Waals surface area contributed by atoms with Gasteiger partial charge in [0.1, 0.15) is 5.01 Å². The molecule has 0 amide bonds. The molecule has 0 saturated carbocycles. The maximum atomic E-state index is 5.10. The Morgan fingerprint density at radius 2 is 2.25 bits per heavy atom. The van der Waals surface area contributed by atoms with Crippen LogP contribution in [-0.4, -0.2) is 16.7 Å². The summed E-state index contributed by atoms with van der Waals surface area (Å²) >= 11 is 1.49. The van der Waals surface area contributed by atoms with E-state index in [0.29, 0.717) is 5.71 Å². The van der Waals surface area contributed by atoms with Crippen molar-refractivity contribution >= 4 is 23.0 Å². The van der Waals surface area contributed by atoms with E-state index >= 15 is 0 Å². The molecule has 0 aromatic carbocycles. The molecule has 5 nitrogen and oxygen atoms in total. The Hall–Kier alpha value is -1.43. The summed E-state index contributed by atoms with van der Waals surface area (Å²) in [6, 6.07) is 0. The number of nitrogens with zero attached hydrogens (tertiary/aromatic N) is 3. The molecule has 0 spiro atoms. The van der Waals surface area contributed by atoms with E-state index in [1.54, 1.807) is 13.1 Å². The van der Waals surface area contributed by atoms with Crippen LogP contribution in [0.1, 0.15) is 11.9 Å². The van der Waals surface area contributed by atoms with Crippen molar-refractivity contribution in [2.24, 2.45) is 21.7 Å². The topological polar surface area (TPSA) is 89.6 Å². The quantitative estimate of drug-likeness (QED) is 0.388. The first-order valence-electron chi connectivity index (χ1n) is 3.23.